The minimum Gasteiger partial charge on any atom is -0.494 e. The molecule has 3 rings (SSSR count). The van der Waals surface area contributed by atoms with Crippen LogP contribution in [0.25, 0.3) is 0 Å². The Morgan fingerprint density at radius 3 is 3.00 bits per heavy atom. The molecular weight excluding hydrogens is 250 g/mol. The van der Waals surface area contributed by atoms with Gasteiger partial charge in [0.2, 0.25) is 5.91 Å². The zero-order valence-corrected chi connectivity index (χ0v) is 12.4. The van der Waals surface area contributed by atoms with Crippen molar-refractivity contribution in [2.24, 2.45) is 5.92 Å². The van der Waals surface area contributed by atoms with Crippen LogP contribution in [-0.4, -0.2) is 24.0 Å². The maximum atomic E-state index is 11.8. The van der Waals surface area contributed by atoms with E-state index in [0.29, 0.717) is 24.3 Å². The zero-order valence-electron chi connectivity index (χ0n) is 12.4. The molecule has 0 bridgehead atoms. The molecule has 0 radical (unpaired) electrons. The van der Waals surface area contributed by atoms with Gasteiger partial charge in [0.1, 0.15) is 5.75 Å². The van der Waals surface area contributed by atoms with E-state index < -0.39 is 0 Å². The highest BCUT2D eigenvalue weighted by molar-refractivity contribution is 5.79. The molecule has 2 aliphatic rings. The van der Waals surface area contributed by atoms with Crippen LogP contribution in [0.4, 0.5) is 0 Å². The Labute approximate surface area is 120 Å². The number of nitrogens with zero attached hydrogens (tertiary/aromatic N) is 1. The van der Waals surface area contributed by atoms with Gasteiger partial charge in [0.05, 0.1) is 12.6 Å². The fourth-order valence-corrected chi connectivity index (χ4v) is 3.20. The summed E-state index contributed by atoms with van der Waals surface area (Å²) in [5, 5.41) is 0. The smallest absolute Gasteiger partial charge is 0.223 e. The number of fused-ring (bicyclic) bond motifs is 3. The molecule has 2 aliphatic heterocycles. The summed E-state index contributed by atoms with van der Waals surface area (Å²) in [6.07, 6.45) is 3.72. The molecule has 0 saturated carbocycles. The molecule has 20 heavy (non-hydrogen) atoms. The van der Waals surface area contributed by atoms with E-state index in [4.69, 9.17) is 4.74 Å². The van der Waals surface area contributed by atoms with E-state index >= 15 is 0 Å². The van der Waals surface area contributed by atoms with Crippen molar-refractivity contribution in [1.29, 1.82) is 0 Å². The normalized spacial score (nSPS) is 21.1. The molecule has 0 aliphatic carbocycles. The number of hydrogen-bond donors (Lipinski definition) is 0. The predicted octanol–water partition coefficient (Wildman–Crippen LogP) is 3.33. The van der Waals surface area contributed by atoms with Crippen molar-refractivity contribution in [3.8, 4) is 5.75 Å². The third-order valence-corrected chi connectivity index (χ3v) is 4.39. The molecule has 1 fully saturated rings. The lowest BCUT2D eigenvalue weighted by atomic mass is 9.92. The molecule has 3 heteroatoms. The van der Waals surface area contributed by atoms with Crippen molar-refractivity contribution in [1.82, 2.24) is 4.90 Å². The second-order valence-electron chi connectivity index (χ2n) is 6.28. The highest BCUT2D eigenvalue weighted by atomic mass is 16.5. The molecule has 1 amide bonds. The molecule has 0 aromatic heterocycles. The summed E-state index contributed by atoms with van der Waals surface area (Å²) in [7, 11) is 0. The number of rotatable bonds is 4. The van der Waals surface area contributed by atoms with Crippen LogP contribution in [0.2, 0.25) is 0 Å². The quantitative estimate of drug-likeness (QED) is 0.842. The van der Waals surface area contributed by atoms with E-state index in [0.717, 1.165) is 38.2 Å². The number of ether oxygens (including phenoxy) is 1. The Morgan fingerprint density at radius 2 is 2.20 bits per heavy atom. The maximum absolute atomic E-state index is 11.8. The number of benzene rings is 1. The predicted molar refractivity (Wildman–Crippen MR) is 78.8 cm³/mol. The number of amides is 1. The minimum atomic E-state index is 0.316. The van der Waals surface area contributed by atoms with Crippen LogP contribution in [0.15, 0.2) is 18.2 Å². The fraction of sp³-hybridized carbons (Fsp3) is 0.588. The average Bonchev–Trinajstić information content (AvgIpc) is 2.80. The van der Waals surface area contributed by atoms with Crippen molar-refractivity contribution in [3.05, 3.63) is 29.3 Å². The second-order valence-corrected chi connectivity index (χ2v) is 6.28. The number of carbonyl (C=O) groups is 1. The Hall–Kier alpha value is -1.51. The van der Waals surface area contributed by atoms with Crippen LogP contribution < -0.4 is 4.74 Å². The van der Waals surface area contributed by atoms with Gasteiger partial charge in [-0.15, -0.1) is 0 Å². The van der Waals surface area contributed by atoms with Gasteiger partial charge in [-0.3, -0.25) is 4.79 Å². The van der Waals surface area contributed by atoms with E-state index in [1.54, 1.807) is 0 Å². The summed E-state index contributed by atoms with van der Waals surface area (Å²) < 4.78 is 5.83. The zero-order chi connectivity index (χ0) is 14.1. The lowest BCUT2D eigenvalue weighted by molar-refractivity contribution is -0.129. The maximum Gasteiger partial charge on any atom is 0.223 e. The van der Waals surface area contributed by atoms with E-state index in [2.05, 4.69) is 32.0 Å². The molecule has 1 aromatic rings. The van der Waals surface area contributed by atoms with E-state index in [9.17, 15) is 4.79 Å². The highest BCUT2D eigenvalue weighted by Gasteiger charge is 2.35. The molecule has 1 aromatic carbocycles. The lowest BCUT2D eigenvalue weighted by Crippen LogP contribution is -2.34. The van der Waals surface area contributed by atoms with Crippen molar-refractivity contribution in [2.75, 3.05) is 13.2 Å². The first-order valence-corrected chi connectivity index (χ1v) is 7.70. The van der Waals surface area contributed by atoms with Gasteiger partial charge in [-0.1, -0.05) is 19.9 Å². The summed E-state index contributed by atoms with van der Waals surface area (Å²) in [6.45, 7) is 6.07. The van der Waals surface area contributed by atoms with Crippen molar-refractivity contribution < 1.29 is 9.53 Å². The van der Waals surface area contributed by atoms with Gasteiger partial charge in [0, 0.05) is 13.0 Å². The van der Waals surface area contributed by atoms with Gasteiger partial charge < -0.3 is 9.64 Å². The van der Waals surface area contributed by atoms with Gasteiger partial charge >= 0.3 is 0 Å². The molecule has 1 atom stereocenters. The molecule has 1 unspecified atom stereocenters. The number of carbonyl (C=O) groups excluding carboxylic acids is 1. The van der Waals surface area contributed by atoms with Crippen LogP contribution in [0.3, 0.4) is 0 Å². The number of hydrogen-bond acceptors (Lipinski definition) is 2. The molecule has 1 saturated heterocycles. The fourth-order valence-electron chi connectivity index (χ4n) is 3.20. The van der Waals surface area contributed by atoms with E-state index in [1.165, 1.54) is 11.1 Å². The van der Waals surface area contributed by atoms with E-state index in [1.807, 2.05) is 4.90 Å². The van der Waals surface area contributed by atoms with Crippen LogP contribution >= 0.6 is 0 Å². The first kappa shape index (κ1) is 13.5. The van der Waals surface area contributed by atoms with Gasteiger partial charge in [-0.2, -0.15) is 0 Å². The molecule has 3 nitrogen and oxygen atoms in total. The van der Waals surface area contributed by atoms with Crippen molar-refractivity contribution in [2.45, 2.75) is 45.6 Å². The van der Waals surface area contributed by atoms with E-state index in [-0.39, 0.29) is 0 Å². The monoisotopic (exact) mass is 273 g/mol. The summed E-state index contributed by atoms with van der Waals surface area (Å²) in [6, 6.07) is 6.72. The Balaban J connectivity index is 1.72. The molecular formula is C17H23NO2. The molecule has 0 spiro atoms. The first-order chi connectivity index (χ1) is 9.65. The van der Waals surface area contributed by atoms with Crippen LogP contribution in [0.1, 0.15) is 50.3 Å². The van der Waals surface area contributed by atoms with Gasteiger partial charge in [0.15, 0.2) is 0 Å². The summed E-state index contributed by atoms with van der Waals surface area (Å²) in [4.78, 5) is 13.8. The lowest BCUT2D eigenvalue weighted by Gasteiger charge is -2.32. The third kappa shape index (κ3) is 2.54. The third-order valence-electron chi connectivity index (χ3n) is 4.39. The molecule has 108 valence electrons. The first-order valence-electron chi connectivity index (χ1n) is 7.70. The Morgan fingerprint density at radius 1 is 1.35 bits per heavy atom. The topological polar surface area (TPSA) is 29.5 Å². The highest BCUT2D eigenvalue weighted by Crippen LogP contribution is 2.39. The molecule has 0 N–H and O–H groups in total. The van der Waals surface area contributed by atoms with Crippen molar-refractivity contribution in [3.63, 3.8) is 0 Å². The molecule has 2 heterocycles. The van der Waals surface area contributed by atoms with Crippen molar-refractivity contribution >= 4 is 5.91 Å². The van der Waals surface area contributed by atoms with Gasteiger partial charge in [-0.25, -0.2) is 0 Å². The largest absolute Gasteiger partial charge is 0.494 e. The summed E-state index contributed by atoms with van der Waals surface area (Å²) in [5.74, 6) is 1.96. The SMILES string of the molecule is CC(C)CCOc1ccc2c(c1)CCN1C(=O)CCC21. The Kier molecular flexibility index (Phi) is 3.68. The van der Waals surface area contributed by atoms with Crippen LogP contribution in [0, 0.1) is 5.92 Å². The van der Waals surface area contributed by atoms with Gasteiger partial charge in [-0.05, 0) is 48.4 Å². The minimum absolute atomic E-state index is 0.316. The second kappa shape index (κ2) is 5.47. The summed E-state index contributed by atoms with van der Waals surface area (Å²) >= 11 is 0. The standard InChI is InChI=1S/C17H23NO2/c1-12(2)8-10-20-14-3-4-15-13(11-14)7-9-18-16(15)5-6-17(18)19/h3-4,11-12,16H,5-10H2,1-2H3. The van der Waals surface area contributed by atoms with Crippen LogP contribution in [-0.2, 0) is 11.2 Å². The van der Waals surface area contributed by atoms with Crippen LogP contribution in [0.5, 0.6) is 5.75 Å². The van der Waals surface area contributed by atoms with Gasteiger partial charge in [0.25, 0.3) is 0 Å². The Bertz CT molecular complexity index is 510. The average molecular weight is 273 g/mol. The summed E-state index contributed by atoms with van der Waals surface area (Å²) in [5.41, 5.74) is 2.70.